The van der Waals surface area contributed by atoms with Crippen LogP contribution in [0.5, 0.6) is 23.0 Å². The van der Waals surface area contributed by atoms with Crippen molar-refractivity contribution in [2.75, 3.05) is 14.2 Å². The van der Waals surface area contributed by atoms with Gasteiger partial charge in [-0.25, -0.2) is 0 Å². The number of allylic oxidation sites excluding steroid dienone is 1. The minimum absolute atomic E-state index is 0.202. The Morgan fingerprint density at radius 2 is 1.88 bits per heavy atom. The smallest absolute Gasteiger partial charge is 0.311 e. The third-order valence-corrected chi connectivity index (χ3v) is 3.88. The number of carbonyl (C=O) groups excluding carboxylic acids is 2. The molecule has 0 bridgehead atoms. The van der Waals surface area contributed by atoms with E-state index in [1.165, 1.54) is 7.11 Å². The van der Waals surface area contributed by atoms with E-state index >= 15 is 0 Å². The summed E-state index contributed by atoms with van der Waals surface area (Å²) in [5.41, 5.74) is 1.17. The molecule has 0 N–H and O–H groups in total. The molecule has 0 saturated carbocycles. The van der Waals surface area contributed by atoms with E-state index in [4.69, 9.17) is 18.9 Å². The van der Waals surface area contributed by atoms with Crippen LogP contribution < -0.4 is 18.9 Å². The molecular formula is C20H18O6. The summed E-state index contributed by atoms with van der Waals surface area (Å²) in [6.45, 7) is 1.71. The van der Waals surface area contributed by atoms with Gasteiger partial charge in [0.15, 0.2) is 17.3 Å². The summed E-state index contributed by atoms with van der Waals surface area (Å²) in [6.07, 6.45) is 1.88. The lowest BCUT2D eigenvalue weighted by Gasteiger charge is -2.09. The van der Waals surface area contributed by atoms with E-state index in [9.17, 15) is 9.59 Å². The van der Waals surface area contributed by atoms with Crippen LogP contribution in [0, 0.1) is 0 Å². The number of rotatable bonds is 5. The topological polar surface area (TPSA) is 71.1 Å². The average Bonchev–Trinajstić information content (AvgIpc) is 2.97. The molecule has 0 aromatic heterocycles. The van der Waals surface area contributed by atoms with Crippen LogP contribution in [-0.2, 0) is 4.79 Å². The Balaban J connectivity index is 1.88. The largest absolute Gasteiger partial charge is 0.497 e. The summed E-state index contributed by atoms with van der Waals surface area (Å²) in [5.74, 6) is 1.44. The van der Waals surface area contributed by atoms with Gasteiger partial charge in [0.2, 0.25) is 5.78 Å². The molecule has 0 unspecified atom stereocenters. The van der Waals surface area contributed by atoms with Gasteiger partial charge in [0.1, 0.15) is 11.5 Å². The summed E-state index contributed by atoms with van der Waals surface area (Å²) < 4.78 is 21.3. The van der Waals surface area contributed by atoms with Gasteiger partial charge >= 0.3 is 5.97 Å². The Morgan fingerprint density at radius 1 is 1.08 bits per heavy atom. The van der Waals surface area contributed by atoms with Gasteiger partial charge in [0.05, 0.1) is 19.8 Å². The molecule has 1 aliphatic heterocycles. The van der Waals surface area contributed by atoms with E-state index in [1.807, 2.05) is 0 Å². The summed E-state index contributed by atoms with van der Waals surface area (Å²) in [7, 11) is 3.03. The van der Waals surface area contributed by atoms with Crippen LogP contribution in [-0.4, -0.2) is 26.0 Å². The van der Waals surface area contributed by atoms with Crippen LogP contribution in [0.15, 0.2) is 42.2 Å². The third kappa shape index (κ3) is 3.39. The first kappa shape index (κ1) is 17.5. The predicted octanol–water partition coefficient (Wildman–Crippen LogP) is 3.64. The van der Waals surface area contributed by atoms with Crippen molar-refractivity contribution in [1.29, 1.82) is 0 Å². The Bertz CT molecular complexity index is 897. The summed E-state index contributed by atoms with van der Waals surface area (Å²) >= 11 is 0. The highest BCUT2D eigenvalue weighted by Crippen LogP contribution is 2.35. The van der Waals surface area contributed by atoms with Gasteiger partial charge in [0.25, 0.3) is 0 Å². The molecule has 6 nitrogen and oxygen atoms in total. The highest BCUT2D eigenvalue weighted by Gasteiger charge is 2.27. The maximum absolute atomic E-state index is 12.5. The molecule has 134 valence electrons. The summed E-state index contributed by atoms with van der Waals surface area (Å²) in [5, 5.41) is 0. The molecule has 0 atom stereocenters. The molecule has 1 aliphatic rings. The number of fused-ring (bicyclic) bond motifs is 1. The number of benzene rings is 2. The van der Waals surface area contributed by atoms with E-state index in [0.29, 0.717) is 34.1 Å². The molecule has 0 saturated heterocycles. The first-order chi connectivity index (χ1) is 12.5. The van der Waals surface area contributed by atoms with Crippen LogP contribution >= 0.6 is 0 Å². The van der Waals surface area contributed by atoms with Crippen molar-refractivity contribution >= 4 is 17.8 Å². The highest BCUT2D eigenvalue weighted by molar-refractivity contribution is 6.14. The van der Waals surface area contributed by atoms with Gasteiger partial charge in [-0.3, -0.25) is 9.59 Å². The van der Waals surface area contributed by atoms with Crippen molar-refractivity contribution in [1.82, 2.24) is 0 Å². The SMILES string of the molecule is CCC(=O)Oc1ccc(/C=C2\Oc3cc(OC)ccc3C2=O)cc1OC. The molecule has 26 heavy (non-hydrogen) atoms. The fourth-order valence-corrected chi connectivity index (χ4v) is 2.50. The molecule has 0 spiro atoms. The second-order valence-electron chi connectivity index (χ2n) is 5.54. The van der Waals surface area contributed by atoms with Crippen molar-refractivity contribution in [3.05, 3.63) is 53.3 Å². The molecule has 6 heteroatoms. The molecule has 2 aromatic rings. The van der Waals surface area contributed by atoms with Crippen LogP contribution in [0.3, 0.4) is 0 Å². The van der Waals surface area contributed by atoms with Gasteiger partial charge in [-0.15, -0.1) is 0 Å². The fourth-order valence-electron chi connectivity index (χ4n) is 2.50. The van der Waals surface area contributed by atoms with Gasteiger partial charge in [0, 0.05) is 12.5 Å². The zero-order valence-corrected chi connectivity index (χ0v) is 14.7. The summed E-state index contributed by atoms with van der Waals surface area (Å²) in [4.78, 5) is 23.9. The zero-order chi connectivity index (χ0) is 18.7. The minimum Gasteiger partial charge on any atom is -0.497 e. The molecular weight excluding hydrogens is 336 g/mol. The van der Waals surface area contributed by atoms with Crippen LogP contribution in [0.2, 0.25) is 0 Å². The molecule has 2 aromatic carbocycles. The lowest BCUT2D eigenvalue weighted by atomic mass is 10.1. The standard InChI is InChI=1S/C20H18O6/c1-4-19(21)26-15-8-5-12(9-17(15)24-3)10-18-20(22)14-7-6-13(23-2)11-16(14)25-18/h5-11H,4H2,1-3H3/b18-10-. The Labute approximate surface area is 150 Å². The van der Waals surface area contributed by atoms with E-state index in [0.717, 1.165) is 0 Å². The molecule has 0 radical (unpaired) electrons. The molecule has 0 fully saturated rings. The monoisotopic (exact) mass is 354 g/mol. The van der Waals surface area contributed by atoms with E-state index in [-0.39, 0.29) is 23.9 Å². The van der Waals surface area contributed by atoms with Gasteiger partial charge in [-0.05, 0) is 35.9 Å². The number of ketones is 1. The van der Waals surface area contributed by atoms with Crippen molar-refractivity contribution in [2.24, 2.45) is 0 Å². The van der Waals surface area contributed by atoms with Crippen LogP contribution in [0.25, 0.3) is 6.08 Å². The molecule has 1 heterocycles. The maximum atomic E-state index is 12.5. The number of carbonyl (C=O) groups is 2. The Morgan fingerprint density at radius 3 is 2.58 bits per heavy atom. The number of methoxy groups -OCH3 is 2. The Kier molecular flexibility index (Phi) is 4.93. The Hall–Kier alpha value is -3.28. The fraction of sp³-hybridized carbons (Fsp3) is 0.200. The van der Waals surface area contributed by atoms with Crippen molar-refractivity contribution in [3.63, 3.8) is 0 Å². The lowest BCUT2D eigenvalue weighted by Crippen LogP contribution is -2.06. The second kappa shape index (κ2) is 7.31. The molecule has 3 rings (SSSR count). The van der Waals surface area contributed by atoms with Crippen molar-refractivity contribution in [2.45, 2.75) is 13.3 Å². The zero-order valence-electron chi connectivity index (χ0n) is 14.7. The third-order valence-electron chi connectivity index (χ3n) is 3.88. The number of Topliss-reactive ketones (excluding diaryl/α,β-unsaturated/α-hetero) is 1. The summed E-state index contributed by atoms with van der Waals surface area (Å²) in [6, 6.07) is 10.1. The lowest BCUT2D eigenvalue weighted by molar-refractivity contribution is -0.134. The average molecular weight is 354 g/mol. The van der Waals surface area contributed by atoms with Crippen LogP contribution in [0.1, 0.15) is 29.3 Å². The van der Waals surface area contributed by atoms with E-state index in [1.54, 1.807) is 56.5 Å². The van der Waals surface area contributed by atoms with Crippen molar-refractivity contribution in [3.8, 4) is 23.0 Å². The number of esters is 1. The van der Waals surface area contributed by atoms with Gasteiger partial charge in [-0.2, -0.15) is 0 Å². The van der Waals surface area contributed by atoms with Gasteiger partial charge < -0.3 is 18.9 Å². The predicted molar refractivity (Wildman–Crippen MR) is 94.8 cm³/mol. The number of hydrogen-bond acceptors (Lipinski definition) is 6. The number of ether oxygens (including phenoxy) is 4. The van der Waals surface area contributed by atoms with E-state index < -0.39 is 0 Å². The second-order valence-corrected chi connectivity index (χ2v) is 5.54. The molecule has 0 aliphatic carbocycles. The normalized spacial score (nSPS) is 14.0. The maximum Gasteiger partial charge on any atom is 0.311 e. The quantitative estimate of drug-likeness (QED) is 0.464. The first-order valence-corrected chi connectivity index (χ1v) is 8.06. The first-order valence-electron chi connectivity index (χ1n) is 8.06. The van der Waals surface area contributed by atoms with Crippen molar-refractivity contribution < 1.29 is 28.5 Å². The highest BCUT2D eigenvalue weighted by atomic mass is 16.6. The van der Waals surface area contributed by atoms with Crippen LogP contribution in [0.4, 0.5) is 0 Å². The van der Waals surface area contributed by atoms with E-state index in [2.05, 4.69) is 0 Å². The minimum atomic E-state index is -0.354. The molecule has 0 amide bonds. The van der Waals surface area contributed by atoms with Gasteiger partial charge in [-0.1, -0.05) is 13.0 Å². The number of hydrogen-bond donors (Lipinski definition) is 0.